The molecule has 1 atom stereocenters. The van der Waals surface area contributed by atoms with E-state index in [9.17, 15) is 0 Å². The highest BCUT2D eigenvalue weighted by atomic mass is 32.1. The van der Waals surface area contributed by atoms with Gasteiger partial charge in [-0.2, -0.15) is 0 Å². The number of nitrogens with one attached hydrogen (secondary N) is 1. The van der Waals surface area contributed by atoms with Crippen molar-refractivity contribution in [2.24, 2.45) is 0 Å². The van der Waals surface area contributed by atoms with Crippen LogP contribution in [0, 0.1) is 0 Å². The molecule has 1 unspecified atom stereocenters. The normalized spacial score (nSPS) is 12.7. The first-order chi connectivity index (χ1) is 7.26. The number of allylic oxidation sites excluding steroid dienone is 1. The topological polar surface area (TPSA) is 24.9 Å². The molecule has 0 saturated heterocycles. The molecule has 1 heterocycles. The van der Waals surface area contributed by atoms with E-state index in [1.165, 1.54) is 10.7 Å². The third-order valence-electron chi connectivity index (χ3n) is 2.34. The number of hydrogen-bond acceptors (Lipinski definition) is 3. The molecular formula is C12H20N2S. The second-order valence-corrected chi connectivity index (χ2v) is 4.68. The number of rotatable bonds is 7. The molecule has 0 radical (unpaired) electrons. The van der Waals surface area contributed by atoms with Gasteiger partial charge in [-0.25, -0.2) is 4.98 Å². The maximum absolute atomic E-state index is 4.52. The van der Waals surface area contributed by atoms with Crippen molar-refractivity contribution in [3.05, 3.63) is 28.7 Å². The zero-order valence-electron chi connectivity index (χ0n) is 9.62. The molecular weight excluding hydrogens is 204 g/mol. The number of thiazole rings is 1. The quantitative estimate of drug-likeness (QED) is 0.720. The van der Waals surface area contributed by atoms with E-state index in [1.807, 2.05) is 6.08 Å². The van der Waals surface area contributed by atoms with Crippen molar-refractivity contribution in [1.29, 1.82) is 0 Å². The maximum Gasteiger partial charge on any atom is 0.0926 e. The lowest BCUT2D eigenvalue weighted by atomic mass is 10.2. The zero-order valence-corrected chi connectivity index (χ0v) is 10.4. The van der Waals surface area contributed by atoms with Crippen LogP contribution in [0.25, 0.3) is 0 Å². The van der Waals surface area contributed by atoms with E-state index in [0.29, 0.717) is 6.04 Å². The Morgan fingerprint density at radius 1 is 1.67 bits per heavy atom. The predicted octanol–water partition coefficient (Wildman–Crippen LogP) is 3.15. The van der Waals surface area contributed by atoms with Gasteiger partial charge in [-0.3, -0.25) is 0 Å². The van der Waals surface area contributed by atoms with Crippen LogP contribution in [0.1, 0.15) is 37.4 Å². The van der Waals surface area contributed by atoms with E-state index < -0.39 is 0 Å². The summed E-state index contributed by atoms with van der Waals surface area (Å²) in [4.78, 5) is 4.52. The summed E-state index contributed by atoms with van der Waals surface area (Å²) in [5.41, 5.74) is 1.17. The van der Waals surface area contributed by atoms with Gasteiger partial charge in [0.25, 0.3) is 0 Å². The third kappa shape index (κ3) is 4.58. The Labute approximate surface area is 96.4 Å². The lowest BCUT2D eigenvalue weighted by Crippen LogP contribution is -2.25. The Balaban J connectivity index is 2.26. The van der Waals surface area contributed by atoms with E-state index >= 15 is 0 Å². The number of aryl methyl sites for hydroxylation is 1. The van der Waals surface area contributed by atoms with Gasteiger partial charge in [-0.1, -0.05) is 13.0 Å². The number of nitrogens with zero attached hydrogens (tertiary/aromatic N) is 1. The van der Waals surface area contributed by atoms with Crippen LogP contribution in [-0.4, -0.2) is 11.0 Å². The Hall–Kier alpha value is -0.670. The van der Waals surface area contributed by atoms with Gasteiger partial charge in [0.1, 0.15) is 0 Å². The van der Waals surface area contributed by atoms with Crippen molar-refractivity contribution in [1.82, 2.24) is 10.3 Å². The van der Waals surface area contributed by atoms with Gasteiger partial charge in [-0.15, -0.1) is 17.9 Å². The largest absolute Gasteiger partial charge is 0.309 e. The highest BCUT2D eigenvalue weighted by Crippen LogP contribution is 2.10. The molecule has 2 nitrogen and oxygen atoms in total. The van der Waals surface area contributed by atoms with E-state index in [1.54, 1.807) is 11.3 Å². The van der Waals surface area contributed by atoms with Crippen molar-refractivity contribution >= 4 is 11.3 Å². The molecule has 1 aromatic heterocycles. The molecule has 0 fully saturated rings. The molecule has 0 spiro atoms. The van der Waals surface area contributed by atoms with Gasteiger partial charge >= 0.3 is 0 Å². The minimum Gasteiger partial charge on any atom is -0.309 e. The first kappa shape index (κ1) is 12.4. The molecule has 0 aliphatic heterocycles. The molecule has 1 N–H and O–H groups in total. The van der Waals surface area contributed by atoms with Crippen LogP contribution in [0.2, 0.25) is 0 Å². The smallest absolute Gasteiger partial charge is 0.0926 e. The molecule has 0 amide bonds. The minimum absolute atomic E-state index is 0.537. The van der Waals surface area contributed by atoms with Crippen molar-refractivity contribution < 1.29 is 0 Å². The van der Waals surface area contributed by atoms with Crippen LogP contribution in [0.3, 0.4) is 0 Å². The average molecular weight is 224 g/mol. The fraction of sp³-hybridized carbons (Fsp3) is 0.583. The second-order valence-electron chi connectivity index (χ2n) is 3.73. The average Bonchev–Trinajstić information content (AvgIpc) is 2.71. The zero-order chi connectivity index (χ0) is 11.1. The Bertz CT molecular complexity index is 294. The minimum atomic E-state index is 0.537. The summed E-state index contributed by atoms with van der Waals surface area (Å²) in [6.07, 6.45) is 5.23. The van der Waals surface area contributed by atoms with Crippen LogP contribution in [-0.2, 0) is 13.0 Å². The van der Waals surface area contributed by atoms with Gasteiger partial charge in [0.2, 0.25) is 0 Å². The molecule has 0 saturated carbocycles. The molecule has 0 aliphatic carbocycles. The van der Waals surface area contributed by atoms with E-state index in [4.69, 9.17) is 0 Å². The van der Waals surface area contributed by atoms with Crippen LogP contribution < -0.4 is 5.32 Å². The predicted molar refractivity (Wildman–Crippen MR) is 67.2 cm³/mol. The lowest BCUT2D eigenvalue weighted by Gasteiger charge is -2.10. The SMILES string of the molecule is C=CCCC(C)NCc1csc(CC)n1. The standard InChI is InChI=1S/C12H20N2S/c1-4-6-7-10(3)13-8-11-9-15-12(5-2)14-11/h4,9-10,13H,1,5-8H2,2-3H3. The summed E-state index contributed by atoms with van der Waals surface area (Å²) >= 11 is 1.75. The van der Waals surface area contributed by atoms with E-state index in [-0.39, 0.29) is 0 Å². The van der Waals surface area contributed by atoms with Gasteiger partial charge in [0, 0.05) is 18.0 Å². The molecule has 1 aromatic rings. The highest BCUT2D eigenvalue weighted by molar-refractivity contribution is 7.09. The molecule has 84 valence electrons. The molecule has 0 aliphatic rings. The Morgan fingerprint density at radius 3 is 3.07 bits per heavy atom. The summed E-state index contributed by atoms with van der Waals surface area (Å²) in [5, 5.41) is 6.84. The first-order valence-electron chi connectivity index (χ1n) is 5.53. The molecule has 3 heteroatoms. The first-order valence-corrected chi connectivity index (χ1v) is 6.41. The van der Waals surface area contributed by atoms with Crippen LogP contribution in [0.4, 0.5) is 0 Å². The Morgan fingerprint density at radius 2 is 2.47 bits per heavy atom. The molecule has 0 aromatic carbocycles. The second kappa shape index (κ2) is 6.75. The molecule has 1 rings (SSSR count). The monoisotopic (exact) mass is 224 g/mol. The molecule has 15 heavy (non-hydrogen) atoms. The summed E-state index contributed by atoms with van der Waals surface area (Å²) in [6, 6.07) is 0.537. The van der Waals surface area contributed by atoms with Crippen LogP contribution >= 0.6 is 11.3 Å². The maximum atomic E-state index is 4.52. The van der Waals surface area contributed by atoms with Gasteiger partial charge in [0.15, 0.2) is 0 Å². The van der Waals surface area contributed by atoms with E-state index in [0.717, 1.165) is 25.8 Å². The fourth-order valence-corrected chi connectivity index (χ4v) is 2.09. The fourth-order valence-electron chi connectivity index (χ4n) is 1.34. The van der Waals surface area contributed by atoms with Crippen LogP contribution in [0.5, 0.6) is 0 Å². The molecule has 0 bridgehead atoms. The Kier molecular flexibility index (Phi) is 5.58. The summed E-state index contributed by atoms with van der Waals surface area (Å²) in [6.45, 7) is 8.96. The van der Waals surface area contributed by atoms with Crippen molar-refractivity contribution in [2.45, 2.75) is 45.7 Å². The lowest BCUT2D eigenvalue weighted by molar-refractivity contribution is 0.514. The van der Waals surface area contributed by atoms with Gasteiger partial charge in [0.05, 0.1) is 10.7 Å². The third-order valence-corrected chi connectivity index (χ3v) is 3.38. The van der Waals surface area contributed by atoms with Crippen molar-refractivity contribution in [3.63, 3.8) is 0 Å². The number of hydrogen-bond donors (Lipinski definition) is 1. The van der Waals surface area contributed by atoms with Gasteiger partial charge < -0.3 is 5.32 Å². The summed E-state index contributed by atoms with van der Waals surface area (Å²) in [7, 11) is 0. The van der Waals surface area contributed by atoms with Crippen molar-refractivity contribution in [2.75, 3.05) is 0 Å². The summed E-state index contributed by atoms with van der Waals surface area (Å²) < 4.78 is 0. The van der Waals surface area contributed by atoms with E-state index in [2.05, 4.69) is 36.1 Å². The van der Waals surface area contributed by atoms with Gasteiger partial charge in [-0.05, 0) is 26.2 Å². The van der Waals surface area contributed by atoms with Crippen molar-refractivity contribution in [3.8, 4) is 0 Å². The number of aromatic nitrogens is 1. The highest BCUT2D eigenvalue weighted by Gasteiger charge is 2.03. The van der Waals surface area contributed by atoms with Crippen LogP contribution in [0.15, 0.2) is 18.0 Å². The summed E-state index contributed by atoms with van der Waals surface area (Å²) in [5.74, 6) is 0.